The Labute approximate surface area is 109 Å². The summed E-state index contributed by atoms with van der Waals surface area (Å²) in [4.78, 5) is 23.7. The van der Waals surface area contributed by atoms with E-state index in [1.807, 2.05) is 0 Å². The Hall–Kier alpha value is -1.38. The number of carbonyl (C=O) groups excluding carboxylic acids is 2. The average Bonchev–Trinajstić information content (AvgIpc) is 2.29. The van der Waals surface area contributed by atoms with Crippen LogP contribution < -0.4 is 0 Å². The molecular formula is C13H8Cl2O2. The maximum absolute atomic E-state index is 12.0. The van der Waals surface area contributed by atoms with E-state index in [1.165, 1.54) is 6.08 Å². The highest BCUT2D eigenvalue weighted by Gasteiger charge is 2.22. The van der Waals surface area contributed by atoms with Crippen LogP contribution in [0.15, 0.2) is 47.0 Å². The zero-order valence-electron chi connectivity index (χ0n) is 8.74. The molecule has 2 rings (SSSR count). The molecule has 0 saturated carbocycles. The van der Waals surface area contributed by atoms with Crippen LogP contribution in [0.2, 0.25) is 5.02 Å². The maximum Gasteiger partial charge on any atom is 0.196 e. The second-order valence-corrected chi connectivity index (χ2v) is 4.55. The van der Waals surface area contributed by atoms with E-state index >= 15 is 0 Å². The molecule has 0 saturated heterocycles. The lowest BCUT2D eigenvalue weighted by Crippen LogP contribution is -2.15. The maximum atomic E-state index is 12.0. The van der Waals surface area contributed by atoms with Crippen LogP contribution >= 0.6 is 23.2 Å². The van der Waals surface area contributed by atoms with Crippen LogP contribution in [-0.4, -0.2) is 11.6 Å². The predicted octanol–water partition coefficient (Wildman–Crippen LogP) is 3.54. The molecule has 0 heterocycles. The molecule has 0 atom stereocenters. The van der Waals surface area contributed by atoms with Gasteiger partial charge in [-0.1, -0.05) is 23.2 Å². The molecule has 0 bridgehead atoms. The average molecular weight is 267 g/mol. The molecule has 17 heavy (non-hydrogen) atoms. The van der Waals surface area contributed by atoms with Crippen molar-refractivity contribution in [2.75, 3.05) is 0 Å². The van der Waals surface area contributed by atoms with Crippen LogP contribution in [0.5, 0.6) is 0 Å². The van der Waals surface area contributed by atoms with Crippen molar-refractivity contribution in [3.05, 3.63) is 57.6 Å². The lowest BCUT2D eigenvalue weighted by molar-refractivity contribution is -0.114. The van der Waals surface area contributed by atoms with E-state index in [0.29, 0.717) is 15.6 Å². The predicted molar refractivity (Wildman–Crippen MR) is 67.4 cm³/mol. The number of carbonyl (C=O) groups is 2. The highest BCUT2D eigenvalue weighted by atomic mass is 35.5. The molecule has 0 aromatic heterocycles. The normalized spacial score (nSPS) is 15.3. The fourth-order valence-corrected chi connectivity index (χ4v) is 1.84. The van der Waals surface area contributed by atoms with Crippen LogP contribution in [0.25, 0.3) is 0 Å². The second-order valence-electron chi connectivity index (χ2n) is 3.63. The molecule has 2 nitrogen and oxygen atoms in total. The SMILES string of the molecule is O=C1CC(Cl)=CC=C1C(=O)c1ccc(Cl)cc1. The van der Waals surface area contributed by atoms with Crippen molar-refractivity contribution in [3.8, 4) is 0 Å². The smallest absolute Gasteiger partial charge is 0.196 e. The third kappa shape index (κ3) is 2.65. The quantitative estimate of drug-likeness (QED) is 0.606. The standard InChI is InChI=1S/C13H8Cl2O2/c14-9-3-1-8(2-4-9)13(17)11-6-5-10(15)7-12(11)16/h1-6H,7H2. The van der Waals surface area contributed by atoms with Gasteiger partial charge in [-0.05, 0) is 36.4 Å². The van der Waals surface area contributed by atoms with Gasteiger partial charge < -0.3 is 0 Å². The largest absolute Gasteiger partial charge is 0.294 e. The molecule has 86 valence electrons. The minimum Gasteiger partial charge on any atom is -0.294 e. The summed E-state index contributed by atoms with van der Waals surface area (Å²) in [6.07, 6.45) is 3.13. The minimum atomic E-state index is -0.299. The van der Waals surface area contributed by atoms with Crippen molar-refractivity contribution in [3.63, 3.8) is 0 Å². The van der Waals surface area contributed by atoms with Gasteiger partial charge in [0.2, 0.25) is 0 Å². The molecule has 0 unspecified atom stereocenters. The summed E-state index contributed by atoms with van der Waals surface area (Å²) in [5.41, 5.74) is 0.608. The van der Waals surface area contributed by atoms with E-state index < -0.39 is 0 Å². The van der Waals surface area contributed by atoms with Gasteiger partial charge in [-0.15, -0.1) is 0 Å². The van der Waals surface area contributed by atoms with E-state index in [1.54, 1.807) is 30.3 Å². The highest BCUT2D eigenvalue weighted by Crippen LogP contribution is 2.21. The Morgan fingerprint density at radius 1 is 1.06 bits per heavy atom. The molecule has 0 radical (unpaired) electrons. The van der Waals surface area contributed by atoms with E-state index in [0.717, 1.165) is 0 Å². The summed E-state index contributed by atoms with van der Waals surface area (Å²) in [5.74, 6) is -0.551. The van der Waals surface area contributed by atoms with Crippen molar-refractivity contribution in [2.45, 2.75) is 6.42 Å². The molecule has 1 aliphatic rings. The van der Waals surface area contributed by atoms with Crippen molar-refractivity contribution in [1.29, 1.82) is 0 Å². The van der Waals surface area contributed by atoms with Gasteiger partial charge in [0.1, 0.15) is 0 Å². The third-order valence-electron chi connectivity index (χ3n) is 2.41. The van der Waals surface area contributed by atoms with Gasteiger partial charge in [-0.3, -0.25) is 9.59 Å². The zero-order valence-corrected chi connectivity index (χ0v) is 10.3. The minimum absolute atomic E-state index is 0.0900. The van der Waals surface area contributed by atoms with Crippen molar-refractivity contribution < 1.29 is 9.59 Å². The Bertz CT molecular complexity index is 539. The van der Waals surface area contributed by atoms with Crippen LogP contribution in [-0.2, 0) is 4.79 Å². The van der Waals surface area contributed by atoms with Crippen LogP contribution in [0, 0.1) is 0 Å². The number of hydrogen-bond donors (Lipinski definition) is 0. The zero-order chi connectivity index (χ0) is 12.4. The van der Waals surface area contributed by atoms with Crippen LogP contribution in [0.3, 0.4) is 0 Å². The molecule has 1 aromatic carbocycles. The molecular weight excluding hydrogens is 259 g/mol. The lowest BCUT2D eigenvalue weighted by atomic mass is 9.95. The Kier molecular flexibility index (Phi) is 3.46. The molecule has 1 aromatic rings. The monoisotopic (exact) mass is 266 g/mol. The fraction of sp³-hybridized carbons (Fsp3) is 0.0769. The summed E-state index contributed by atoms with van der Waals surface area (Å²) in [6, 6.07) is 6.42. The van der Waals surface area contributed by atoms with Gasteiger partial charge >= 0.3 is 0 Å². The highest BCUT2D eigenvalue weighted by molar-refractivity contribution is 6.35. The third-order valence-corrected chi connectivity index (χ3v) is 2.92. The summed E-state index contributed by atoms with van der Waals surface area (Å²) in [6.45, 7) is 0. The molecule has 1 aliphatic carbocycles. The number of ketones is 2. The van der Waals surface area contributed by atoms with Crippen molar-refractivity contribution in [2.24, 2.45) is 0 Å². The van der Waals surface area contributed by atoms with Gasteiger partial charge in [0.15, 0.2) is 11.6 Å². The molecule has 0 amide bonds. The van der Waals surface area contributed by atoms with Gasteiger partial charge in [0, 0.05) is 22.0 Å². The number of allylic oxidation sites excluding steroid dienone is 4. The number of hydrogen-bond acceptors (Lipinski definition) is 2. The molecule has 4 heteroatoms. The van der Waals surface area contributed by atoms with Gasteiger partial charge in [0.05, 0.1) is 5.57 Å². The molecule has 0 fully saturated rings. The van der Waals surface area contributed by atoms with Gasteiger partial charge in [0.25, 0.3) is 0 Å². The van der Waals surface area contributed by atoms with Crippen molar-refractivity contribution in [1.82, 2.24) is 0 Å². The summed E-state index contributed by atoms with van der Waals surface area (Å²) in [5, 5.41) is 0.996. The fourth-order valence-electron chi connectivity index (χ4n) is 1.53. The van der Waals surface area contributed by atoms with E-state index in [-0.39, 0.29) is 23.6 Å². The first kappa shape index (κ1) is 12.1. The second kappa shape index (κ2) is 4.86. The Morgan fingerprint density at radius 3 is 2.29 bits per heavy atom. The number of rotatable bonds is 2. The first-order valence-corrected chi connectivity index (χ1v) is 5.73. The van der Waals surface area contributed by atoms with E-state index in [9.17, 15) is 9.59 Å². The number of halogens is 2. The summed E-state index contributed by atoms with van der Waals surface area (Å²) >= 11 is 11.4. The summed E-state index contributed by atoms with van der Waals surface area (Å²) in [7, 11) is 0. The van der Waals surface area contributed by atoms with E-state index in [4.69, 9.17) is 23.2 Å². The molecule has 0 aliphatic heterocycles. The number of Topliss-reactive ketones (excluding diaryl/α,β-unsaturated/α-hetero) is 2. The van der Waals surface area contributed by atoms with Crippen molar-refractivity contribution >= 4 is 34.8 Å². The number of benzene rings is 1. The van der Waals surface area contributed by atoms with Crippen LogP contribution in [0.1, 0.15) is 16.8 Å². The Morgan fingerprint density at radius 2 is 1.71 bits per heavy atom. The lowest BCUT2D eigenvalue weighted by Gasteiger charge is -2.09. The van der Waals surface area contributed by atoms with E-state index in [2.05, 4.69) is 0 Å². The van der Waals surface area contributed by atoms with Crippen LogP contribution in [0.4, 0.5) is 0 Å². The first-order valence-electron chi connectivity index (χ1n) is 4.98. The topological polar surface area (TPSA) is 34.1 Å². The summed E-state index contributed by atoms with van der Waals surface area (Å²) < 4.78 is 0. The molecule has 0 spiro atoms. The van der Waals surface area contributed by atoms with Gasteiger partial charge in [-0.2, -0.15) is 0 Å². The molecule has 0 N–H and O–H groups in total. The Balaban J connectivity index is 2.32. The van der Waals surface area contributed by atoms with Gasteiger partial charge in [-0.25, -0.2) is 0 Å². The first-order chi connectivity index (χ1) is 8.08.